The minimum absolute atomic E-state index is 0.0845. The van der Waals surface area contributed by atoms with Crippen molar-refractivity contribution in [2.45, 2.75) is 13.0 Å². The van der Waals surface area contributed by atoms with E-state index in [0.29, 0.717) is 0 Å². The summed E-state index contributed by atoms with van der Waals surface area (Å²) in [5, 5.41) is 10.8. The molecule has 120 valence electrons. The van der Waals surface area contributed by atoms with E-state index in [9.17, 15) is 14.9 Å². The fourth-order valence-corrected chi connectivity index (χ4v) is 2.21. The molecule has 0 spiro atoms. The summed E-state index contributed by atoms with van der Waals surface area (Å²) >= 11 is 5.96. The number of nitro groups is 1. The van der Waals surface area contributed by atoms with Crippen molar-refractivity contribution in [3.8, 4) is 5.75 Å². The van der Waals surface area contributed by atoms with Crippen molar-refractivity contribution in [1.29, 1.82) is 0 Å². The molecule has 2 aromatic carbocycles. The number of benzene rings is 2. The molecular weight excluding hydrogens is 320 g/mol. The number of ether oxygens (including phenoxy) is 1. The number of carbonyl (C=O) groups is 1. The number of halogens is 1. The van der Waals surface area contributed by atoms with Crippen molar-refractivity contribution < 1.29 is 14.5 Å². The van der Waals surface area contributed by atoms with E-state index in [1.807, 2.05) is 30.3 Å². The van der Waals surface area contributed by atoms with Crippen LogP contribution in [0.3, 0.4) is 0 Å². The Bertz CT molecular complexity index is 721. The highest BCUT2D eigenvalue weighted by atomic mass is 35.5. The maximum absolute atomic E-state index is 12.4. The van der Waals surface area contributed by atoms with Gasteiger partial charge in [-0.15, -0.1) is 0 Å². The van der Waals surface area contributed by atoms with Crippen molar-refractivity contribution in [1.82, 2.24) is 0 Å². The maximum Gasteiger partial charge on any atom is 0.271 e. The zero-order valence-corrected chi connectivity index (χ0v) is 13.4. The molecule has 2 aromatic rings. The highest BCUT2D eigenvalue weighted by Gasteiger charge is 2.22. The van der Waals surface area contributed by atoms with Crippen LogP contribution in [0, 0.1) is 10.1 Å². The van der Waals surface area contributed by atoms with E-state index in [1.54, 1.807) is 14.0 Å². The van der Waals surface area contributed by atoms with Gasteiger partial charge in [-0.1, -0.05) is 29.8 Å². The molecule has 0 heterocycles. The zero-order valence-electron chi connectivity index (χ0n) is 12.6. The number of hydrogen-bond acceptors (Lipinski definition) is 4. The van der Waals surface area contributed by atoms with Gasteiger partial charge in [-0.05, 0) is 25.1 Å². The summed E-state index contributed by atoms with van der Waals surface area (Å²) in [7, 11) is 1.65. The second kappa shape index (κ2) is 7.11. The van der Waals surface area contributed by atoms with Crippen LogP contribution in [0.25, 0.3) is 0 Å². The quantitative estimate of drug-likeness (QED) is 0.617. The van der Waals surface area contributed by atoms with Crippen molar-refractivity contribution in [3.05, 3.63) is 63.7 Å². The lowest BCUT2D eigenvalue weighted by Crippen LogP contribution is -2.38. The van der Waals surface area contributed by atoms with Crippen LogP contribution >= 0.6 is 11.6 Å². The Kier molecular flexibility index (Phi) is 5.18. The van der Waals surface area contributed by atoms with Gasteiger partial charge < -0.3 is 9.64 Å². The topological polar surface area (TPSA) is 72.7 Å². The molecule has 0 fully saturated rings. The molecule has 0 saturated heterocycles. The van der Waals surface area contributed by atoms with Crippen molar-refractivity contribution in [2.75, 3.05) is 11.9 Å². The number of rotatable bonds is 5. The van der Waals surface area contributed by atoms with Crippen LogP contribution < -0.4 is 9.64 Å². The highest BCUT2D eigenvalue weighted by molar-refractivity contribution is 6.32. The summed E-state index contributed by atoms with van der Waals surface area (Å²) in [6.07, 6.45) is -0.792. The average molecular weight is 335 g/mol. The SMILES string of the molecule is C[C@@H](Oc1ccc([N+](=O)[O-])cc1Cl)C(=O)N(C)c1ccccc1. The molecule has 0 aliphatic heterocycles. The largest absolute Gasteiger partial charge is 0.479 e. The summed E-state index contributed by atoms with van der Waals surface area (Å²) in [4.78, 5) is 24.0. The van der Waals surface area contributed by atoms with Crippen LogP contribution in [-0.4, -0.2) is 24.0 Å². The summed E-state index contributed by atoms with van der Waals surface area (Å²) in [5.41, 5.74) is 0.602. The molecule has 0 unspecified atom stereocenters. The molecule has 0 aliphatic rings. The number of carbonyl (C=O) groups excluding carboxylic acids is 1. The van der Waals surface area contributed by atoms with Gasteiger partial charge in [-0.25, -0.2) is 0 Å². The summed E-state index contributed by atoms with van der Waals surface area (Å²) in [6, 6.07) is 13.0. The summed E-state index contributed by atoms with van der Waals surface area (Å²) in [5.74, 6) is -0.0369. The van der Waals surface area contributed by atoms with E-state index in [1.165, 1.54) is 23.1 Å². The lowest BCUT2D eigenvalue weighted by Gasteiger charge is -2.22. The van der Waals surface area contributed by atoms with Crippen LogP contribution in [0.1, 0.15) is 6.92 Å². The van der Waals surface area contributed by atoms with Crippen LogP contribution in [0.15, 0.2) is 48.5 Å². The zero-order chi connectivity index (χ0) is 17.0. The first-order chi connectivity index (χ1) is 10.9. The fraction of sp³-hybridized carbons (Fsp3) is 0.188. The van der Waals surface area contributed by atoms with Gasteiger partial charge in [0.1, 0.15) is 5.75 Å². The van der Waals surface area contributed by atoms with Gasteiger partial charge in [0, 0.05) is 24.9 Å². The Balaban J connectivity index is 2.11. The van der Waals surface area contributed by atoms with Gasteiger partial charge in [0.2, 0.25) is 0 Å². The second-order valence-corrected chi connectivity index (χ2v) is 5.27. The minimum Gasteiger partial charge on any atom is -0.479 e. The molecule has 0 aliphatic carbocycles. The Hall–Kier alpha value is -2.60. The number of nitro benzene ring substituents is 1. The molecule has 1 amide bonds. The molecule has 1 atom stereocenters. The predicted octanol–water partition coefficient (Wildman–Crippen LogP) is 3.68. The van der Waals surface area contributed by atoms with Gasteiger partial charge in [-0.3, -0.25) is 14.9 Å². The Morgan fingerprint density at radius 3 is 2.48 bits per heavy atom. The normalized spacial score (nSPS) is 11.6. The maximum atomic E-state index is 12.4. The second-order valence-electron chi connectivity index (χ2n) is 4.86. The molecule has 0 bridgehead atoms. The van der Waals surface area contributed by atoms with Crippen molar-refractivity contribution in [2.24, 2.45) is 0 Å². The van der Waals surface area contributed by atoms with E-state index < -0.39 is 11.0 Å². The number of para-hydroxylation sites is 1. The average Bonchev–Trinajstić information content (AvgIpc) is 2.55. The van der Waals surface area contributed by atoms with E-state index in [-0.39, 0.29) is 22.4 Å². The van der Waals surface area contributed by atoms with E-state index in [4.69, 9.17) is 16.3 Å². The van der Waals surface area contributed by atoms with E-state index in [0.717, 1.165) is 5.69 Å². The predicted molar refractivity (Wildman–Crippen MR) is 88.0 cm³/mol. The summed E-state index contributed by atoms with van der Waals surface area (Å²) in [6.45, 7) is 1.60. The first kappa shape index (κ1) is 16.8. The van der Waals surface area contributed by atoms with Gasteiger partial charge in [0.25, 0.3) is 11.6 Å². The third-order valence-corrected chi connectivity index (χ3v) is 3.55. The number of anilines is 1. The van der Waals surface area contributed by atoms with Crippen LogP contribution in [-0.2, 0) is 4.79 Å². The van der Waals surface area contributed by atoms with Crippen molar-refractivity contribution in [3.63, 3.8) is 0 Å². The number of nitrogens with zero attached hydrogens (tertiary/aromatic N) is 2. The Morgan fingerprint density at radius 1 is 1.26 bits per heavy atom. The summed E-state index contributed by atoms with van der Waals surface area (Å²) < 4.78 is 5.54. The Morgan fingerprint density at radius 2 is 1.91 bits per heavy atom. The van der Waals surface area contributed by atoms with Crippen LogP contribution in [0.5, 0.6) is 5.75 Å². The number of amides is 1. The van der Waals surface area contributed by atoms with Gasteiger partial charge in [0.15, 0.2) is 6.10 Å². The third kappa shape index (κ3) is 3.98. The monoisotopic (exact) mass is 334 g/mol. The number of non-ortho nitro benzene ring substituents is 1. The molecule has 0 saturated carbocycles. The number of hydrogen-bond donors (Lipinski definition) is 0. The minimum atomic E-state index is -0.792. The standard InChI is InChI=1S/C16H15ClN2O4/c1-11(16(20)18(2)12-6-4-3-5-7-12)23-15-9-8-13(19(21)22)10-14(15)17/h3-11H,1-2H3/t11-/m1/s1. The van der Waals surface area contributed by atoms with E-state index in [2.05, 4.69) is 0 Å². The lowest BCUT2D eigenvalue weighted by atomic mass is 10.2. The molecule has 6 nitrogen and oxygen atoms in total. The van der Waals surface area contributed by atoms with Gasteiger partial charge in [0.05, 0.1) is 9.95 Å². The first-order valence-corrected chi connectivity index (χ1v) is 7.21. The highest BCUT2D eigenvalue weighted by Crippen LogP contribution is 2.29. The number of likely N-dealkylation sites (N-methyl/N-ethyl adjacent to an activating group) is 1. The molecule has 2 rings (SSSR count). The molecule has 23 heavy (non-hydrogen) atoms. The van der Waals surface area contributed by atoms with Gasteiger partial charge >= 0.3 is 0 Å². The van der Waals surface area contributed by atoms with E-state index >= 15 is 0 Å². The van der Waals surface area contributed by atoms with Crippen LogP contribution in [0.2, 0.25) is 5.02 Å². The molecular formula is C16H15ClN2O4. The molecule has 7 heteroatoms. The Labute approximate surface area is 138 Å². The molecule has 0 radical (unpaired) electrons. The van der Waals surface area contributed by atoms with Crippen LogP contribution in [0.4, 0.5) is 11.4 Å². The van der Waals surface area contributed by atoms with Gasteiger partial charge in [-0.2, -0.15) is 0 Å². The molecule has 0 N–H and O–H groups in total. The lowest BCUT2D eigenvalue weighted by molar-refractivity contribution is -0.384. The van der Waals surface area contributed by atoms with Crippen molar-refractivity contribution >= 4 is 28.9 Å². The fourth-order valence-electron chi connectivity index (χ4n) is 1.99. The smallest absolute Gasteiger partial charge is 0.271 e. The third-order valence-electron chi connectivity index (χ3n) is 3.25. The first-order valence-electron chi connectivity index (χ1n) is 6.83. The molecule has 0 aromatic heterocycles.